The van der Waals surface area contributed by atoms with Crippen molar-refractivity contribution in [1.82, 2.24) is 5.32 Å². The van der Waals surface area contributed by atoms with E-state index in [0.717, 1.165) is 11.8 Å². The Morgan fingerprint density at radius 2 is 1.79 bits per heavy atom. The van der Waals surface area contributed by atoms with Gasteiger partial charge in [-0.1, -0.05) is 42.5 Å². The fourth-order valence-electron chi connectivity index (χ4n) is 1.91. The van der Waals surface area contributed by atoms with Crippen LogP contribution in [0.1, 0.15) is 15.9 Å². The van der Waals surface area contributed by atoms with Gasteiger partial charge in [-0.15, -0.1) is 0 Å². The van der Waals surface area contributed by atoms with E-state index in [2.05, 4.69) is 10.3 Å². The molecule has 24 heavy (non-hydrogen) atoms. The highest BCUT2D eigenvalue weighted by Gasteiger charge is 2.09. The van der Waals surface area contributed by atoms with Gasteiger partial charge in [0, 0.05) is 12.8 Å². The Morgan fingerprint density at radius 1 is 1.12 bits per heavy atom. The monoisotopic (exact) mass is 320 g/mol. The lowest BCUT2D eigenvalue weighted by atomic mass is 10.2. The van der Waals surface area contributed by atoms with Crippen molar-refractivity contribution in [1.29, 1.82) is 0 Å². The Bertz CT molecular complexity index is 822. The van der Waals surface area contributed by atoms with Crippen molar-refractivity contribution in [2.75, 3.05) is 0 Å². The van der Waals surface area contributed by atoms with E-state index in [1.807, 2.05) is 30.3 Å². The molecule has 0 saturated heterocycles. The second kappa shape index (κ2) is 8.22. The van der Waals surface area contributed by atoms with Gasteiger partial charge < -0.3 is 15.8 Å². The molecule has 0 aliphatic carbocycles. The van der Waals surface area contributed by atoms with Crippen molar-refractivity contribution in [3.05, 3.63) is 76.7 Å². The van der Waals surface area contributed by atoms with Gasteiger partial charge in [0.15, 0.2) is 0 Å². The van der Waals surface area contributed by atoms with Crippen LogP contribution in [-0.2, 0) is 11.3 Å². The summed E-state index contributed by atoms with van der Waals surface area (Å²) in [6, 6.07) is 15.4. The van der Waals surface area contributed by atoms with Crippen molar-refractivity contribution in [3.8, 4) is 0 Å². The first-order valence-electron chi connectivity index (χ1n) is 7.07. The number of rotatable bonds is 6. The summed E-state index contributed by atoms with van der Waals surface area (Å²) in [6.07, 6.45) is 1.07. The van der Waals surface area contributed by atoms with Crippen LogP contribution >= 0.6 is 0 Å². The number of carbonyl (C=O) groups is 2. The standard InChI is InChI=1S/C18H14N3O3/c19-10-14(17(22)21-11-13-6-2-1-3-7-13)12-20-16-9-5-4-8-15(16)18(23)24/h1-9,12H,11H2,(H,21,22)(H,23,24)/q-1. The molecule has 0 aliphatic heterocycles. The van der Waals surface area contributed by atoms with E-state index in [-0.39, 0.29) is 23.4 Å². The number of hydrogen-bond acceptors (Lipinski definition) is 3. The zero-order valence-electron chi connectivity index (χ0n) is 12.6. The topological polar surface area (TPSA) is 101 Å². The summed E-state index contributed by atoms with van der Waals surface area (Å²) in [5, 5.41) is 20.8. The van der Waals surface area contributed by atoms with Gasteiger partial charge in [-0.25, -0.2) is 4.79 Å². The summed E-state index contributed by atoms with van der Waals surface area (Å²) in [5.74, 6) is 0.0637. The Balaban J connectivity index is 2.08. The summed E-state index contributed by atoms with van der Waals surface area (Å²) < 4.78 is 0. The predicted molar refractivity (Wildman–Crippen MR) is 91.7 cm³/mol. The number of amides is 1. The quantitative estimate of drug-likeness (QED) is 0.631. The highest BCUT2D eigenvalue weighted by molar-refractivity contribution is 6.20. The number of nitrogens with zero attached hydrogens (tertiary/aromatic N) is 2. The summed E-state index contributed by atoms with van der Waals surface area (Å²) in [7, 11) is 0. The number of nitrogens with one attached hydrogen (secondary N) is 1. The molecule has 6 nitrogen and oxygen atoms in total. The van der Waals surface area contributed by atoms with Gasteiger partial charge in [-0.2, -0.15) is 0 Å². The number of carbonyl (C=O) groups excluding carboxylic acids is 1. The maximum atomic E-state index is 12.0. The fraction of sp³-hybridized carbons (Fsp3) is 0.0556. The number of para-hydroxylation sites is 1. The summed E-state index contributed by atoms with van der Waals surface area (Å²) in [5.41, 5.74) is 0.867. The Kier molecular flexibility index (Phi) is 5.77. The molecule has 0 unspecified atom stereocenters. The molecule has 0 saturated carbocycles. The number of carboxylic acids is 1. The normalized spacial score (nSPS) is 10.2. The number of carboxylic acid groups (broad SMARTS) is 1. The van der Waals surface area contributed by atoms with Crippen LogP contribution in [0.2, 0.25) is 0 Å². The second-order valence-corrected chi connectivity index (χ2v) is 4.77. The molecule has 0 heterocycles. The minimum atomic E-state index is -1.13. The van der Waals surface area contributed by atoms with E-state index >= 15 is 0 Å². The molecule has 2 N–H and O–H groups in total. The van der Waals surface area contributed by atoms with Crippen LogP contribution in [-0.4, -0.2) is 29.1 Å². The Hall–Kier alpha value is -3.50. The molecule has 0 spiro atoms. The van der Waals surface area contributed by atoms with Crippen LogP contribution < -0.4 is 5.32 Å². The number of benzene rings is 2. The summed E-state index contributed by atoms with van der Waals surface area (Å²) in [6.45, 7) is 0.282. The van der Waals surface area contributed by atoms with Gasteiger partial charge in [0.1, 0.15) is 0 Å². The lowest BCUT2D eigenvalue weighted by molar-refractivity contribution is -0.117. The third kappa shape index (κ3) is 4.50. The molecule has 0 aliphatic rings. The Morgan fingerprint density at radius 3 is 2.46 bits per heavy atom. The third-order valence-electron chi connectivity index (χ3n) is 3.13. The van der Waals surface area contributed by atoms with E-state index in [4.69, 9.17) is 10.5 Å². The highest BCUT2D eigenvalue weighted by Crippen LogP contribution is 2.18. The SMILES string of the molecule is [N-]=C=C(C=Nc1ccccc1C(=O)O)C(=O)NCc1ccccc1. The van der Waals surface area contributed by atoms with E-state index < -0.39 is 11.9 Å². The van der Waals surface area contributed by atoms with Crippen molar-refractivity contribution >= 4 is 29.6 Å². The highest BCUT2D eigenvalue weighted by atomic mass is 16.4. The summed E-state index contributed by atoms with van der Waals surface area (Å²) >= 11 is 0. The first-order valence-corrected chi connectivity index (χ1v) is 7.07. The van der Waals surface area contributed by atoms with Crippen LogP contribution in [0.25, 0.3) is 5.41 Å². The summed E-state index contributed by atoms with van der Waals surface area (Å²) in [4.78, 5) is 27.1. The van der Waals surface area contributed by atoms with Crippen molar-refractivity contribution < 1.29 is 14.7 Å². The van der Waals surface area contributed by atoms with Crippen LogP contribution in [0.15, 0.2) is 65.2 Å². The zero-order valence-corrected chi connectivity index (χ0v) is 12.6. The molecular formula is C18H14N3O3-. The molecule has 0 bridgehead atoms. The van der Waals surface area contributed by atoms with E-state index in [0.29, 0.717) is 0 Å². The first-order chi connectivity index (χ1) is 11.6. The third-order valence-corrected chi connectivity index (χ3v) is 3.13. The minimum absolute atomic E-state index is 0.00395. The van der Waals surface area contributed by atoms with Gasteiger partial charge in [0.25, 0.3) is 5.91 Å². The number of aromatic carboxylic acids is 1. The molecule has 2 aromatic rings. The molecule has 1 amide bonds. The molecule has 2 rings (SSSR count). The smallest absolute Gasteiger partial charge is 0.337 e. The lowest BCUT2D eigenvalue weighted by Gasteiger charge is -2.05. The fourth-order valence-corrected chi connectivity index (χ4v) is 1.91. The van der Waals surface area contributed by atoms with Gasteiger partial charge in [-0.3, -0.25) is 15.7 Å². The molecule has 2 aromatic carbocycles. The predicted octanol–water partition coefficient (Wildman–Crippen LogP) is 2.57. The van der Waals surface area contributed by atoms with E-state index in [9.17, 15) is 9.59 Å². The molecule has 0 radical (unpaired) electrons. The van der Waals surface area contributed by atoms with Crippen molar-refractivity contribution in [2.24, 2.45) is 4.99 Å². The van der Waals surface area contributed by atoms with Gasteiger partial charge in [0.2, 0.25) is 0 Å². The maximum Gasteiger partial charge on any atom is 0.337 e. The van der Waals surface area contributed by atoms with Crippen LogP contribution in [0.3, 0.4) is 0 Å². The lowest BCUT2D eigenvalue weighted by Crippen LogP contribution is -2.25. The average molecular weight is 320 g/mol. The van der Waals surface area contributed by atoms with Crippen LogP contribution in [0.4, 0.5) is 5.69 Å². The maximum absolute atomic E-state index is 12.0. The van der Waals surface area contributed by atoms with Gasteiger partial charge in [-0.05, 0) is 17.7 Å². The molecular weight excluding hydrogens is 306 g/mol. The number of aliphatic imine (C=N–C) groups is 1. The van der Waals surface area contributed by atoms with E-state index in [1.165, 1.54) is 12.1 Å². The van der Waals surface area contributed by atoms with Crippen LogP contribution in [0.5, 0.6) is 0 Å². The minimum Gasteiger partial charge on any atom is -0.763 e. The zero-order chi connectivity index (χ0) is 17.4. The molecule has 6 heteroatoms. The number of hydrogen-bond donors (Lipinski definition) is 2. The van der Waals surface area contributed by atoms with Crippen molar-refractivity contribution in [2.45, 2.75) is 6.54 Å². The molecule has 0 aromatic heterocycles. The first kappa shape index (κ1) is 16.9. The molecule has 0 fully saturated rings. The largest absolute Gasteiger partial charge is 0.763 e. The molecule has 0 atom stereocenters. The van der Waals surface area contributed by atoms with Crippen molar-refractivity contribution in [3.63, 3.8) is 0 Å². The van der Waals surface area contributed by atoms with Gasteiger partial charge >= 0.3 is 5.97 Å². The Labute approximate surface area is 138 Å². The van der Waals surface area contributed by atoms with Gasteiger partial charge in [0.05, 0.1) is 16.8 Å². The molecule has 120 valence electrons. The van der Waals surface area contributed by atoms with Crippen LogP contribution in [0, 0.1) is 0 Å². The average Bonchev–Trinajstić information content (AvgIpc) is 2.61. The van der Waals surface area contributed by atoms with E-state index in [1.54, 1.807) is 18.0 Å². The second-order valence-electron chi connectivity index (χ2n) is 4.77.